The predicted octanol–water partition coefficient (Wildman–Crippen LogP) is 2.47. The van der Waals surface area contributed by atoms with Gasteiger partial charge in [0.25, 0.3) is 11.8 Å². The third-order valence-corrected chi connectivity index (χ3v) is 4.08. The number of hydrogen-bond donors (Lipinski definition) is 0. The third kappa shape index (κ3) is 1.49. The highest BCUT2D eigenvalue weighted by Crippen LogP contribution is 2.49. The highest BCUT2D eigenvalue weighted by Gasteiger charge is 2.46. The van der Waals surface area contributed by atoms with Crippen LogP contribution in [0, 0.1) is 5.41 Å². The van der Waals surface area contributed by atoms with Gasteiger partial charge in [-0.15, -0.1) is 0 Å². The van der Waals surface area contributed by atoms with Crippen molar-refractivity contribution in [3.8, 4) is 0 Å². The van der Waals surface area contributed by atoms with E-state index < -0.39 is 0 Å². The normalized spacial score (nSPS) is 20.6. The summed E-state index contributed by atoms with van der Waals surface area (Å²) in [4.78, 5) is 25.7. The van der Waals surface area contributed by atoms with Crippen LogP contribution >= 0.6 is 0 Å². The average molecular weight is 229 g/mol. The van der Waals surface area contributed by atoms with Crippen LogP contribution in [-0.2, 0) is 0 Å². The Hall–Kier alpha value is -1.64. The molecule has 0 spiro atoms. The minimum absolute atomic E-state index is 0.120. The van der Waals surface area contributed by atoms with E-state index in [4.69, 9.17) is 0 Å². The van der Waals surface area contributed by atoms with Crippen molar-refractivity contribution >= 4 is 11.8 Å². The van der Waals surface area contributed by atoms with Crippen molar-refractivity contribution in [3.05, 3.63) is 35.4 Å². The molecule has 3 nitrogen and oxygen atoms in total. The van der Waals surface area contributed by atoms with Crippen LogP contribution in [0.5, 0.6) is 0 Å². The molecule has 1 aromatic rings. The lowest BCUT2D eigenvalue weighted by Gasteiger charge is -2.20. The molecule has 1 aromatic carbocycles. The molecule has 1 aliphatic carbocycles. The van der Waals surface area contributed by atoms with Crippen LogP contribution < -0.4 is 0 Å². The van der Waals surface area contributed by atoms with Crippen molar-refractivity contribution < 1.29 is 9.59 Å². The number of benzene rings is 1. The van der Waals surface area contributed by atoms with E-state index in [2.05, 4.69) is 6.92 Å². The molecule has 0 N–H and O–H groups in total. The van der Waals surface area contributed by atoms with Crippen LogP contribution in [0.3, 0.4) is 0 Å². The molecule has 0 aromatic heterocycles. The number of imide groups is 1. The molecule has 88 valence electrons. The third-order valence-electron chi connectivity index (χ3n) is 4.08. The second-order valence-corrected chi connectivity index (χ2v) is 5.10. The Morgan fingerprint density at radius 2 is 1.65 bits per heavy atom. The number of carbonyl (C=O) groups is 2. The van der Waals surface area contributed by atoms with E-state index >= 15 is 0 Å². The maximum atomic E-state index is 12.1. The first kappa shape index (κ1) is 10.5. The second kappa shape index (κ2) is 3.42. The van der Waals surface area contributed by atoms with E-state index in [1.807, 2.05) is 0 Å². The lowest BCUT2D eigenvalue weighted by molar-refractivity contribution is 0.0618. The van der Waals surface area contributed by atoms with Crippen LogP contribution in [0.4, 0.5) is 0 Å². The Labute approximate surface area is 100 Å². The maximum absolute atomic E-state index is 12.1. The van der Waals surface area contributed by atoms with Crippen LogP contribution in [0.25, 0.3) is 0 Å². The summed E-state index contributed by atoms with van der Waals surface area (Å²) in [5, 5.41) is 0. The molecule has 2 amide bonds. The summed E-state index contributed by atoms with van der Waals surface area (Å²) >= 11 is 0. The lowest BCUT2D eigenvalue weighted by atomic mass is 10.0. The molecule has 3 heteroatoms. The molecule has 0 radical (unpaired) electrons. The summed E-state index contributed by atoms with van der Waals surface area (Å²) in [6.45, 7) is 2.72. The number of fused-ring (bicyclic) bond motifs is 1. The van der Waals surface area contributed by atoms with Gasteiger partial charge in [-0.05, 0) is 36.8 Å². The van der Waals surface area contributed by atoms with Gasteiger partial charge in [0.15, 0.2) is 0 Å². The van der Waals surface area contributed by atoms with Crippen LogP contribution in [-0.4, -0.2) is 23.3 Å². The van der Waals surface area contributed by atoms with Crippen molar-refractivity contribution in [2.75, 3.05) is 6.54 Å². The topological polar surface area (TPSA) is 37.4 Å². The fourth-order valence-corrected chi connectivity index (χ4v) is 2.52. The summed E-state index contributed by atoms with van der Waals surface area (Å²) in [6, 6.07) is 7.09. The van der Waals surface area contributed by atoms with Crippen LogP contribution in [0.1, 0.15) is 46.9 Å². The largest absolute Gasteiger partial charge is 0.274 e. The van der Waals surface area contributed by atoms with E-state index in [1.54, 1.807) is 24.3 Å². The number of hydrogen-bond acceptors (Lipinski definition) is 2. The quantitative estimate of drug-likeness (QED) is 0.747. The maximum Gasteiger partial charge on any atom is 0.261 e. The molecule has 17 heavy (non-hydrogen) atoms. The molecule has 0 unspecified atom stereocenters. The zero-order valence-electron chi connectivity index (χ0n) is 9.90. The highest BCUT2D eigenvalue weighted by molar-refractivity contribution is 6.21. The Bertz CT molecular complexity index is 468. The number of carbonyl (C=O) groups excluding carboxylic acids is 2. The Kier molecular flexibility index (Phi) is 2.12. The van der Waals surface area contributed by atoms with Gasteiger partial charge in [0, 0.05) is 6.54 Å². The predicted molar refractivity (Wildman–Crippen MR) is 63.8 cm³/mol. The lowest BCUT2D eigenvalue weighted by Crippen LogP contribution is -2.35. The molecular formula is C14H15NO2. The van der Waals surface area contributed by atoms with Gasteiger partial charge in [-0.1, -0.05) is 19.1 Å². The van der Waals surface area contributed by atoms with Crippen molar-refractivity contribution in [3.63, 3.8) is 0 Å². The number of nitrogens with zero attached hydrogens (tertiary/aromatic N) is 1. The summed E-state index contributed by atoms with van der Waals surface area (Å²) in [5.74, 6) is -0.240. The molecule has 0 bridgehead atoms. The molecule has 3 rings (SSSR count). The molecule has 2 aliphatic rings. The second-order valence-electron chi connectivity index (χ2n) is 5.10. The molecule has 1 heterocycles. The first-order valence-electron chi connectivity index (χ1n) is 6.12. The van der Waals surface area contributed by atoms with Crippen molar-refractivity contribution in [1.82, 2.24) is 4.90 Å². The van der Waals surface area contributed by atoms with E-state index in [0.29, 0.717) is 17.7 Å². The summed E-state index contributed by atoms with van der Waals surface area (Å²) in [5.41, 5.74) is 1.33. The van der Waals surface area contributed by atoms with E-state index in [1.165, 1.54) is 4.90 Å². The SMILES string of the molecule is CCC1(CN2C(=O)c3ccccc3C2=O)CC1. The standard InChI is InChI=1S/C14H15NO2/c1-2-14(7-8-14)9-15-12(16)10-5-3-4-6-11(10)13(15)17/h3-6H,2,7-9H2,1H3. The first-order chi connectivity index (χ1) is 8.17. The number of rotatable bonds is 3. The monoisotopic (exact) mass is 229 g/mol. The van der Waals surface area contributed by atoms with Gasteiger partial charge >= 0.3 is 0 Å². The van der Waals surface area contributed by atoms with E-state index in [9.17, 15) is 9.59 Å². The van der Waals surface area contributed by atoms with Gasteiger partial charge < -0.3 is 0 Å². The van der Waals surface area contributed by atoms with Gasteiger partial charge in [-0.2, -0.15) is 0 Å². The molecule has 1 fully saturated rings. The van der Waals surface area contributed by atoms with Crippen molar-refractivity contribution in [1.29, 1.82) is 0 Å². The minimum atomic E-state index is -0.120. The Balaban J connectivity index is 1.90. The van der Waals surface area contributed by atoms with Gasteiger partial charge in [0.1, 0.15) is 0 Å². The smallest absolute Gasteiger partial charge is 0.261 e. The summed E-state index contributed by atoms with van der Waals surface area (Å²) < 4.78 is 0. The molecule has 0 saturated heterocycles. The molecule has 0 atom stereocenters. The molecule has 1 aliphatic heterocycles. The summed E-state index contributed by atoms with van der Waals surface area (Å²) in [7, 11) is 0. The van der Waals surface area contributed by atoms with Gasteiger partial charge in [-0.25, -0.2) is 0 Å². The Morgan fingerprint density at radius 3 is 2.06 bits per heavy atom. The van der Waals surface area contributed by atoms with Crippen molar-refractivity contribution in [2.45, 2.75) is 26.2 Å². The zero-order valence-corrected chi connectivity index (χ0v) is 9.90. The number of amides is 2. The fourth-order valence-electron chi connectivity index (χ4n) is 2.52. The minimum Gasteiger partial charge on any atom is -0.274 e. The fraction of sp³-hybridized carbons (Fsp3) is 0.429. The summed E-state index contributed by atoms with van der Waals surface area (Å²) in [6.07, 6.45) is 3.31. The van der Waals surface area contributed by atoms with Gasteiger partial charge in [0.05, 0.1) is 11.1 Å². The zero-order chi connectivity index (χ0) is 12.0. The van der Waals surface area contributed by atoms with E-state index in [-0.39, 0.29) is 17.2 Å². The van der Waals surface area contributed by atoms with Gasteiger partial charge in [0.2, 0.25) is 0 Å². The van der Waals surface area contributed by atoms with Crippen LogP contribution in [0.2, 0.25) is 0 Å². The van der Waals surface area contributed by atoms with E-state index in [0.717, 1.165) is 19.3 Å². The highest BCUT2D eigenvalue weighted by atomic mass is 16.2. The van der Waals surface area contributed by atoms with Gasteiger partial charge in [-0.3, -0.25) is 14.5 Å². The van der Waals surface area contributed by atoms with Crippen molar-refractivity contribution in [2.24, 2.45) is 5.41 Å². The average Bonchev–Trinajstić information content (AvgIpc) is 3.10. The molecular weight excluding hydrogens is 214 g/mol. The molecule has 1 saturated carbocycles. The Morgan fingerprint density at radius 1 is 1.12 bits per heavy atom. The van der Waals surface area contributed by atoms with Crippen LogP contribution in [0.15, 0.2) is 24.3 Å². The first-order valence-corrected chi connectivity index (χ1v) is 6.12.